The van der Waals surface area contributed by atoms with E-state index < -0.39 is 0 Å². The van der Waals surface area contributed by atoms with Crippen molar-refractivity contribution in [3.05, 3.63) is 46.7 Å². The van der Waals surface area contributed by atoms with Gasteiger partial charge in [-0.3, -0.25) is 4.90 Å². The number of nitrogens with zero attached hydrogens (tertiary/aromatic N) is 1. The van der Waals surface area contributed by atoms with Gasteiger partial charge < -0.3 is 5.32 Å². The zero-order valence-corrected chi connectivity index (χ0v) is 13.1. The minimum atomic E-state index is -0.144. The van der Waals surface area contributed by atoms with Gasteiger partial charge in [0.2, 0.25) is 0 Å². The van der Waals surface area contributed by atoms with Crippen molar-refractivity contribution in [1.29, 1.82) is 0 Å². The van der Waals surface area contributed by atoms with Gasteiger partial charge in [-0.1, -0.05) is 28.1 Å². The lowest BCUT2D eigenvalue weighted by atomic mass is 10.0. The number of piperazine rings is 1. The first-order valence-electron chi connectivity index (χ1n) is 6.23. The molecule has 0 aliphatic carbocycles. The number of hydrogen-bond donors (Lipinski definition) is 1. The summed E-state index contributed by atoms with van der Waals surface area (Å²) in [6.07, 6.45) is 2.63. The molecule has 1 heterocycles. The summed E-state index contributed by atoms with van der Waals surface area (Å²) in [4.78, 5) is 2.32. The zero-order valence-electron chi connectivity index (χ0n) is 10.7. The van der Waals surface area contributed by atoms with E-state index in [0.717, 1.165) is 42.6 Å². The molecule has 0 spiro atoms. The van der Waals surface area contributed by atoms with Gasteiger partial charge in [0.15, 0.2) is 0 Å². The van der Waals surface area contributed by atoms with Crippen LogP contribution in [0.4, 0.5) is 4.39 Å². The average molecular weight is 350 g/mol. The quantitative estimate of drug-likeness (QED) is 0.837. The largest absolute Gasteiger partial charge is 0.314 e. The normalized spacial score (nSPS) is 17.6. The summed E-state index contributed by atoms with van der Waals surface area (Å²) in [5.74, 6) is -0.144. The van der Waals surface area contributed by atoms with Crippen LogP contribution in [0.15, 0.2) is 35.3 Å². The van der Waals surface area contributed by atoms with Gasteiger partial charge in [0.05, 0.1) is 0 Å². The Morgan fingerprint density at radius 1 is 1.42 bits per heavy atom. The van der Waals surface area contributed by atoms with Gasteiger partial charge in [0.25, 0.3) is 0 Å². The van der Waals surface area contributed by atoms with Crippen LogP contribution in [0.3, 0.4) is 0 Å². The van der Waals surface area contributed by atoms with E-state index in [1.54, 1.807) is 6.07 Å². The van der Waals surface area contributed by atoms with Gasteiger partial charge in [0.1, 0.15) is 5.82 Å². The van der Waals surface area contributed by atoms with Crippen molar-refractivity contribution in [3.63, 3.8) is 0 Å². The third-order valence-corrected chi connectivity index (χ3v) is 4.01. The van der Waals surface area contributed by atoms with Gasteiger partial charge in [-0.25, -0.2) is 4.39 Å². The Bertz CT molecular complexity index is 402. The van der Waals surface area contributed by atoms with Crippen molar-refractivity contribution in [3.8, 4) is 0 Å². The lowest BCUT2D eigenvalue weighted by Crippen LogP contribution is -2.45. The van der Waals surface area contributed by atoms with Crippen molar-refractivity contribution in [1.82, 2.24) is 10.2 Å². The summed E-state index contributed by atoms with van der Waals surface area (Å²) in [5.41, 5.74) is 0.749. The number of halogens is 3. The summed E-state index contributed by atoms with van der Waals surface area (Å²) in [6, 6.07) is 5.22. The summed E-state index contributed by atoms with van der Waals surface area (Å²) in [6.45, 7) is 7.60. The zero-order chi connectivity index (χ0) is 13.0. The summed E-state index contributed by atoms with van der Waals surface area (Å²) in [5, 5.41) is 3.32. The number of hydrogen-bond acceptors (Lipinski definition) is 2. The third-order valence-electron chi connectivity index (χ3n) is 3.32. The SMILES string of the molecule is C=CC[C@@H](c1c(F)cccc1Br)N1CCNCC1.Cl. The fourth-order valence-corrected chi connectivity index (χ4v) is 3.04. The molecule has 1 aromatic rings. The van der Waals surface area contributed by atoms with E-state index in [0.29, 0.717) is 0 Å². The van der Waals surface area contributed by atoms with Crippen LogP contribution in [0.2, 0.25) is 0 Å². The molecule has 1 saturated heterocycles. The minimum absolute atomic E-state index is 0. The molecule has 5 heteroatoms. The number of nitrogens with one attached hydrogen (secondary N) is 1. The van der Waals surface area contributed by atoms with Gasteiger partial charge in [-0.2, -0.15) is 0 Å². The molecule has 1 fully saturated rings. The molecular formula is C14H19BrClFN2. The van der Waals surface area contributed by atoms with Crippen LogP contribution in [0.5, 0.6) is 0 Å². The van der Waals surface area contributed by atoms with Crippen molar-refractivity contribution < 1.29 is 4.39 Å². The van der Waals surface area contributed by atoms with E-state index >= 15 is 0 Å². The predicted molar refractivity (Wildman–Crippen MR) is 83.3 cm³/mol. The number of rotatable bonds is 4. The molecule has 2 rings (SSSR count). The first-order chi connectivity index (χ1) is 8.74. The van der Waals surface area contributed by atoms with E-state index in [4.69, 9.17) is 0 Å². The second-order valence-electron chi connectivity index (χ2n) is 4.46. The first-order valence-corrected chi connectivity index (χ1v) is 7.03. The molecule has 0 radical (unpaired) electrons. The second-order valence-corrected chi connectivity index (χ2v) is 5.32. The highest BCUT2D eigenvalue weighted by molar-refractivity contribution is 9.10. The minimum Gasteiger partial charge on any atom is -0.314 e. The molecule has 1 aromatic carbocycles. The van der Waals surface area contributed by atoms with Crippen molar-refractivity contribution >= 4 is 28.3 Å². The van der Waals surface area contributed by atoms with Crippen LogP contribution in [0, 0.1) is 5.82 Å². The highest BCUT2D eigenvalue weighted by Crippen LogP contribution is 2.33. The Morgan fingerprint density at radius 3 is 2.68 bits per heavy atom. The molecular weight excluding hydrogens is 331 g/mol. The topological polar surface area (TPSA) is 15.3 Å². The molecule has 0 unspecified atom stereocenters. The lowest BCUT2D eigenvalue weighted by Gasteiger charge is -2.35. The maximum atomic E-state index is 14.1. The number of benzene rings is 1. The molecule has 1 aliphatic rings. The average Bonchev–Trinajstić information content (AvgIpc) is 2.38. The molecule has 19 heavy (non-hydrogen) atoms. The molecule has 106 valence electrons. The first kappa shape index (κ1) is 16.6. The molecule has 0 saturated carbocycles. The van der Waals surface area contributed by atoms with Crippen LogP contribution < -0.4 is 5.32 Å². The summed E-state index contributed by atoms with van der Waals surface area (Å²) >= 11 is 3.47. The van der Waals surface area contributed by atoms with E-state index in [9.17, 15) is 4.39 Å². The Morgan fingerprint density at radius 2 is 2.11 bits per heavy atom. The van der Waals surface area contributed by atoms with Crippen molar-refractivity contribution in [2.45, 2.75) is 12.5 Å². The van der Waals surface area contributed by atoms with Crippen LogP contribution in [0.25, 0.3) is 0 Å². The Kier molecular flexibility index (Phi) is 7.00. The Balaban J connectivity index is 0.00000180. The fourth-order valence-electron chi connectivity index (χ4n) is 2.43. The van der Waals surface area contributed by atoms with Crippen LogP contribution >= 0.6 is 28.3 Å². The van der Waals surface area contributed by atoms with Crippen LogP contribution in [-0.2, 0) is 0 Å². The molecule has 1 N–H and O–H groups in total. The van der Waals surface area contributed by atoms with Gasteiger partial charge in [-0.15, -0.1) is 19.0 Å². The highest BCUT2D eigenvalue weighted by Gasteiger charge is 2.25. The smallest absolute Gasteiger partial charge is 0.129 e. The summed E-state index contributed by atoms with van der Waals surface area (Å²) < 4.78 is 14.9. The molecule has 1 aliphatic heterocycles. The van der Waals surface area contributed by atoms with Crippen molar-refractivity contribution in [2.75, 3.05) is 26.2 Å². The highest BCUT2D eigenvalue weighted by atomic mass is 79.9. The Hall–Kier alpha value is -0.420. The van der Waals surface area contributed by atoms with Gasteiger partial charge in [0, 0.05) is 42.3 Å². The lowest BCUT2D eigenvalue weighted by molar-refractivity contribution is 0.171. The molecule has 0 aromatic heterocycles. The van der Waals surface area contributed by atoms with E-state index in [2.05, 4.69) is 32.7 Å². The maximum Gasteiger partial charge on any atom is 0.129 e. The fraction of sp³-hybridized carbons (Fsp3) is 0.429. The monoisotopic (exact) mass is 348 g/mol. The van der Waals surface area contributed by atoms with Crippen LogP contribution in [0.1, 0.15) is 18.0 Å². The molecule has 0 amide bonds. The van der Waals surface area contributed by atoms with Gasteiger partial charge >= 0.3 is 0 Å². The van der Waals surface area contributed by atoms with Gasteiger partial charge in [-0.05, 0) is 18.6 Å². The molecule has 0 bridgehead atoms. The van der Waals surface area contributed by atoms with Crippen LogP contribution in [-0.4, -0.2) is 31.1 Å². The maximum absolute atomic E-state index is 14.1. The summed E-state index contributed by atoms with van der Waals surface area (Å²) in [7, 11) is 0. The predicted octanol–water partition coefficient (Wildman–Crippen LogP) is 3.53. The third kappa shape index (κ3) is 4.02. The molecule has 1 atom stereocenters. The molecule has 2 nitrogen and oxygen atoms in total. The van der Waals surface area contributed by atoms with E-state index in [1.165, 1.54) is 6.07 Å². The van der Waals surface area contributed by atoms with Crippen molar-refractivity contribution in [2.24, 2.45) is 0 Å². The van der Waals surface area contributed by atoms with E-state index in [1.807, 2.05) is 12.1 Å². The second kappa shape index (κ2) is 8.00. The standard InChI is InChI=1S/C14H18BrFN2.ClH/c1-2-4-13(18-9-7-17-8-10-18)14-11(15)5-3-6-12(14)16;/h2-3,5-6,13,17H,1,4,7-10H2;1H/t13-;/m0./s1. The Labute approximate surface area is 128 Å². The van der Waals surface area contributed by atoms with E-state index in [-0.39, 0.29) is 24.3 Å².